The average molecular weight is 356 g/mol. The second-order valence-electron chi connectivity index (χ2n) is 5.68. The lowest BCUT2D eigenvalue weighted by atomic mass is 10.2. The van der Waals surface area contributed by atoms with Gasteiger partial charge < -0.3 is 15.4 Å². The number of anilines is 1. The van der Waals surface area contributed by atoms with Gasteiger partial charge in [-0.1, -0.05) is 18.2 Å². The average Bonchev–Trinajstić information content (AvgIpc) is 2.63. The number of amides is 2. The Kier molecular flexibility index (Phi) is 6.91. The van der Waals surface area contributed by atoms with Crippen LogP contribution >= 0.6 is 0 Å². The summed E-state index contributed by atoms with van der Waals surface area (Å²) in [6.07, 6.45) is 3.10. The Morgan fingerprint density at radius 1 is 1.15 bits per heavy atom. The van der Waals surface area contributed by atoms with E-state index in [2.05, 4.69) is 10.6 Å². The molecule has 2 rings (SSSR count). The van der Waals surface area contributed by atoms with Crippen LogP contribution in [0.15, 0.2) is 48.5 Å². The Bertz CT molecular complexity index is 801. The van der Waals surface area contributed by atoms with Gasteiger partial charge in [0.2, 0.25) is 11.8 Å². The number of aryl methyl sites for hydroxylation is 1. The molecule has 0 aromatic heterocycles. The number of halogens is 1. The number of ether oxygens (including phenoxy) is 1. The van der Waals surface area contributed by atoms with Crippen LogP contribution in [0, 0.1) is 12.7 Å². The molecule has 6 heteroatoms. The summed E-state index contributed by atoms with van der Waals surface area (Å²) in [6.45, 7) is 1.97. The first-order valence-corrected chi connectivity index (χ1v) is 8.14. The Balaban J connectivity index is 1.75. The van der Waals surface area contributed by atoms with Gasteiger partial charge in [-0.15, -0.1) is 0 Å². The van der Waals surface area contributed by atoms with Crippen LogP contribution in [0.1, 0.15) is 17.5 Å². The number of benzene rings is 2. The minimum Gasteiger partial charge on any atom is -0.497 e. The molecule has 0 fully saturated rings. The number of rotatable bonds is 7. The number of hydrogen-bond acceptors (Lipinski definition) is 3. The highest BCUT2D eigenvalue weighted by Crippen LogP contribution is 2.15. The summed E-state index contributed by atoms with van der Waals surface area (Å²) in [5.74, 6) is -0.428. The smallest absolute Gasteiger partial charge is 0.244 e. The van der Waals surface area contributed by atoms with Crippen molar-refractivity contribution in [1.82, 2.24) is 5.32 Å². The molecule has 2 aromatic rings. The van der Waals surface area contributed by atoms with Crippen molar-refractivity contribution in [2.75, 3.05) is 19.0 Å². The molecular weight excluding hydrogens is 335 g/mol. The first-order chi connectivity index (χ1) is 12.5. The molecule has 0 atom stereocenters. The summed E-state index contributed by atoms with van der Waals surface area (Å²) in [6, 6.07) is 11.7. The summed E-state index contributed by atoms with van der Waals surface area (Å²) in [4.78, 5) is 23.6. The summed E-state index contributed by atoms with van der Waals surface area (Å²) >= 11 is 0. The van der Waals surface area contributed by atoms with E-state index in [4.69, 9.17) is 4.74 Å². The Morgan fingerprint density at radius 2 is 1.88 bits per heavy atom. The van der Waals surface area contributed by atoms with Crippen molar-refractivity contribution in [3.8, 4) is 5.75 Å². The van der Waals surface area contributed by atoms with E-state index in [1.165, 1.54) is 12.1 Å². The molecule has 0 aliphatic rings. The lowest BCUT2D eigenvalue weighted by Gasteiger charge is -2.07. The van der Waals surface area contributed by atoms with E-state index in [9.17, 15) is 14.0 Å². The first-order valence-electron chi connectivity index (χ1n) is 8.14. The van der Waals surface area contributed by atoms with Crippen molar-refractivity contribution in [3.05, 3.63) is 65.5 Å². The molecule has 2 amide bonds. The van der Waals surface area contributed by atoms with Crippen molar-refractivity contribution in [2.24, 2.45) is 0 Å². The largest absolute Gasteiger partial charge is 0.497 e. The van der Waals surface area contributed by atoms with Crippen LogP contribution in [0.4, 0.5) is 10.1 Å². The summed E-state index contributed by atoms with van der Waals surface area (Å²) < 4.78 is 18.7. The summed E-state index contributed by atoms with van der Waals surface area (Å²) in [7, 11) is 1.59. The van der Waals surface area contributed by atoms with Gasteiger partial charge in [0.05, 0.1) is 12.8 Å². The van der Waals surface area contributed by atoms with Crippen LogP contribution in [0.25, 0.3) is 6.08 Å². The number of methoxy groups -OCH3 is 1. The topological polar surface area (TPSA) is 67.4 Å². The monoisotopic (exact) mass is 356 g/mol. The van der Waals surface area contributed by atoms with Crippen LogP contribution in [0.3, 0.4) is 0 Å². The molecule has 0 saturated heterocycles. The van der Waals surface area contributed by atoms with Crippen LogP contribution in [-0.2, 0) is 9.59 Å². The fourth-order valence-electron chi connectivity index (χ4n) is 2.19. The zero-order valence-corrected chi connectivity index (χ0v) is 14.7. The van der Waals surface area contributed by atoms with E-state index in [0.717, 1.165) is 16.9 Å². The molecule has 0 spiro atoms. The van der Waals surface area contributed by atoms with Gasteiger partial charge in [0.15, 0.2) is 0 Å². The quantitative estimate of drug-likeness (QED) is 0.748. The molecule has 0 saturated carbocycles. The molecule has 26 heavy (non-hydrogen) atoms. The van der Waals surface area contributed by atoms with Gasteiger partial charge in [0.1, 0.15) is 11.6 Å². The fourth-order valence-corrected chi connectivity index (χ4v) is 2.19. The zero-order chi connectivity index (χ0) is 18.9. The van der Waals surface area contributed by atoms with E-state index < -0.39 is 5.82 Å². The number of nitrogens with one attached hydrogen (secondary N) is 2. The Labute approximate surface area is 151 Å². The standard InChI is InChI=1S/C20H21FN2O3/c1-14-3-9-17(21)18(13-14)23-20(25)11-12-22-19(24)10-6-15-4-7-16(26-2)8-5-15/h3-10,13H,11-12H2,1-2H3,(H,22,24)(H,23,25). The lowest BCUT2D eigenvalue weighted by molar-refractivity contribution is -0.117. The third-order valence-electron chi connectivity index (χ3n) is 3.59. The highest BCUT2D eigenvalue weighted by Gasteiger charge is 2.07. The molecule has 0 aliphatic heterocycles. The van der Waals surface area contributed by atoms with Crippen molar-refractivity contribution in [2.45, 2.75) is 13.3 Å². The SMILES string of the molecule is COc1ccc(C=CC(=O)NCCC(=O)Nc2cc(C)ccc2F)cc1. The van der Waals surface area contributed by atoms with Crippen molar-refractivity contribution in [1.29, 1.82) is 0 Å². The van der Waals surface area contributed by atoms with E-state index in [0.29, 0.717) is 0 Å². The molecule has 2 aromatic carbocycles. The third kappa shape index (κ3) is 6.05. The lowest BCUT2D eigenvalue weighted by Crippen LogP contribution is -2.26. The van der Waals surface area contributed by atoms with E-state index >= 15 is 0 Å². The molecule has 0 heterocycles. The molecule has 0 radical (unpaired) electrons. The number of hydrogen-bond donors (Lipinski definition) is 2. The fraction of sp³-hybridized carbons (Fsp3) is 0.200. The van der Waals surface area contributed by atoms with Gasteiger partial charge in [-0.25, -0.2) is 4.39 Å². The zero-order valence-electron chi connectivity index (χ0n) is 14.7. The summed E-state index contributed by atoms with van der Waals surface area (Å²) in [5.41, 5.74) is 1.84. The number of carbonyl (C=O) groups is 2. The first kappa shape index (κ1) is 19.2. The molecule has 0 unspecified atom stereocenters. The van der Waals surface area contributed by atoms with E-state index in [1.807, 2.05) is 19.1 Å². The van der Waals surface area contributed by atoms with Gasteiger partial charge >= 0.3 is 0 Å². The van der Waals surface area contributed by atoms with Gasteiger partial charge in [0.25, 0.3) is 0 Å². The van der Waals surface area contributed by atoms with Crippen LogP contribution in [-0.4, -0.2) is 25.5 Å². The predicted octanol–water partition coefficient (Wildman–Crippen LogP) is 3.30. The molecular formula is C20H21FN2O3. The Hall–Kier alpha value is -3.15. The highest BCUT2D eigenvalue weighted by molar-refractivity contribution is 5.93. The van der Waals surface area contributed by atoms with E-state index in [1.54, 1.807) is 37.5 Å². The van der Waals surface area contributed by atoms with Gasteiger partial charge in [-0.3, -0.25) is 9.59 Å². The predicted molar refractivity (Wildman–Crippen MR) is 99.4 cm³/mol. The van der Waals surface area contributed by atoms with Crippen molar-refractivity contribution >= 4 is 23.6 Å². The van der Waals surface area contributed by atoms with Crippen molar-refractivity contribution < 1.29 is 18.7 Å². The van der Waals surface area contributed by atoms with Crippen LogP contribution < -0.4 is 15.4 Å². The second kappa shape index (κ2) is 9.36. The molecule has 0 aliphatic carbocycles. The maximum Gasteiger partial charge on any atom is 0.244 e. The summed E-state index contributed by atoms with van der Waals surface area (Å²) in [5, 5.41) is 5.11. The van der Waals surface area contributed by atoms with Crippen LogP contribution in [0.5, 0.6) is 5.75 Å². The molecule has 0 bridgehead atoms. The van der Waals surface area contributed by atoms with Gasteiger partial charge in [-0.05, 0) is 48.4 Å². The second-order valence-corrected chi connectivity index (χ2v) is 5.68. The van der Waals surface area contributed by atoms with Gasteiger partial charge in [-0.2, -0.15) is 0 Å². The third-order valence-corrected chi connectivity index (χ3v) is 3.59. The minimum absolute atomic E-state index is 0.0511. The van der Waals surface area contributed by atoms with E-state index in [-0.39, 0.29) is 30.5 Å². The highest BCUT2D eigenvalue weighted by atomic mass is 19.1. The molecule has 5 nitrogen and oxygen atoms in total. The van der Waals surface area contributed by atoms with Crippen LogP contribution in [0.2, 0.25) is 0 Å². The van der Waals surface area contributed by atoms with Gasteiger partial charge in [0, 0.05) is 19.0 Å². The molecule has 2 N–H and O–H groups in total. The molecule has 136 valence electrons. The van der Waals surface area contributed by atoms with Crippen molar-refractivity contribution in [3.63, 3.8) is 0 Å². The Morgan fingerprint density at radius 3 is 2.58 bits per heavy atom. The maximum absolute atomic E-state index is 13.6. The minimum atomic E-state index is -0.490. The number of carbonyl (C=O) groups excluding carboxylic acids is 2. The maximum atomic E-state index is 13.6. The normalized spacial score (nSPS) is 10.6.